The zero-order valence-corrected chi connectivity index (χ0v) is 20.8. The number of rotatable bonds is 8. The molecule has 1 amide bonds. The fourth-order valence-electron chi connectivity index (χ4n) is 4.74. The second kappa shape index (κ2) is 11.6. The molecule has 3 aromatic carbocycles. The molecule has 32 heavy (non-hydrogen) atoms. The Kier molecular flexibility index (Phi) is 8.38. The van der Waals surface area contributed by atoms with Crippen LogP contribution in [0.3, 0.4) is 0 Å². The van der Waals surface area contributed by atoms with Crippen LogP contribution in [0.5, 0.6) is 0 Å². The summed E-state index contributed by atoms with van der Waals surface area (Å²) < 4.78 is 1.24. The van der Waals surface area contributed by atoms with Crippen LogP contribution in [0.1, 0.15) is 55.2 Å². The molecule has 3 heteroatoms. The number of amides is 1. The Hall–Kier alpha value is -2.14. The van der Waals surface area contributed by atoms with Crippen LogP contribution in [0.25, 0.3) is 16.8 Å². The average Bonchev–Trinajstić information content (AvgIpc) is 2.81. The lowest BCUT2D eigenvalue weighted by molar-refractivity contribution is -0.122. The average molecular weight is 537 g/mol. The topological polar surface area (TPSA) is 29.1 Å². The van der Waals surface area contributed by atoms with E-state index in [-0.39, 0.29) is 5.91 Å². The summed E-state index contributed by atoms with van der Waals surface area (Å²) in [4.78, 5) is 12.4. The van der Waals surface area contributed by atoms with Gasteiger partial charge in [-0.05, 0) is 99.9 Å². The molecule has 0 unspecified atom stereocenters. The third-order valence-corrected chi connectivity index (χ3v) is 7.12. The number of carbonyl (C=O) groups is 1. The van der Waals surface area contributed by atoms with Gasteiger partial charge >= 0.3 is 0 Å². The fourth-order valence-corrected chi connectivity index (χ4v) is 5.23. The molecule has 0 bridgehead atoms. The Morgan fingerprint density at radius 2 is 1.81 bits per heavy atom. The molecular weight excluding hydrogens is 505 g/mol. The van der Waals surface area contributed by atoms with Gasteiger partial charge in [0.2, 0.25) is 5.91 Å². The molecule has 4 rings (SSSR count). The smallest absolute Gasteiger partial charge is 0.220 e. The quantitative estimate of drug-likeness (QED) is 0.300. The van der Waals surface area contributed by atoms with Crippen molar-refractivity contribution < 1.29 is 4.79 Å². The summed E-state index contributed by atoms with van der Waals surface area (Å²) in [6.45, 7) is 0.698. The highest BCUT2D eigenvalue weighted by Crippen LogP contribution is 2.27. The third-order valence-electron chi connectivity index (χ3n) is 6.45. The monoisotopic (exact) mass is 537 g/mol. The van der Waals surface area contributed by atoms with E-state index in [2.05, 4.69) is 101 Å². The van der Waals surface area contributed by atoms with E-state index < -0.39 is 0 Å². The third kappa shape index (κ3) is 6.68. The largest absolute Gasteiger partial charge is 0.356 e. The molecule has 1 aliphatic rings. The van der Waals surface area contributed by atoms with Crippen LogP contribution in [-0.2, 0) is 17.6 Å². The first-order chi connectivity index (χ1) is 15.7. The number of nitrogens with one attached hydrogen (secondary N) is 1. The molecule has 1 aliphatic carbocycles. The van der Waals surface area contributed by atoms with Gasteiger partial charge in [-0.25, -0.2) is 0 Å². The summed E-state index contributed by atoms with van der Waals surface area (Å²) >= 11 is 2.38. The molecular formula is C29H32INO. The summed E-state index contributed by atoms with van der Waals surface area (Å²) in [6, 6.07) is 21.7. The van der Waals surface area contributed by atoms with Crippen molar-refractivity contribution in [1.82, 2.24) is 5.32 Å². The lowest BCUT2D eigenvalue weighted by Gasteiger charge is -2.20. The fraction of sp³-hybridized carbons (Fsp3) is 0.345. The van der Waals surface area contributed by atoms with E-state index in [0.717, 1.165) is 12.8 Å². The van der Waals surface area contributed by atoms with Gasteiger partial charge in [0.05, 0.1) is 0 Å². The summed E-state index contributed by atoms with van der Waals surface area (Å²) in [5.41, 5.74) is 3.84. The normalized spacial score (nSPS) is 14.8. The Labute approximate surface area is 205 Å². The van der Waals surface area contributed by atoms with E-state index in [1.165, 1.54) is 63.1 Å². The van der Waals surface area contributed by atoms with Gasteiger partial charge in [0, 0.05) is 16.5 Å². The Morgan fingerprint density at radius 1 is 1.00 bits per heavy atom. The number of hydrogen-bond acceptors (Lipinski definition) is 1. The summed E-state index contributed by atoms with van der Waals surface area (Å²) in [6.07, 6.45) is 13.3. The Balaban J connectivity index is 1.42. The summed E-state index contributed by atoms with van der Waals surface area (Å²) in [5, 5.41) is 5.73. The number of halogens is 1. The minimum absolute atomic E-state index is 0.217. The maximum atomic E-state index is 12.4. The molecule has 0 spiro atoms. The van der Waals surface area contributed by atoms with Crippen molar-refractivity contribution in [1.29, 1.82) is 0 Å². The van der Waals surface area contributed by atoms with E-state index in [1.807, 2.05) is 0 Å². The van der Waals surface area contributed by atoms with Gasteiger partial charge in [0.15, 0.2) is 0 Å². The van der Waals surface area contributed by atoms with Crippen LogP contribution >= 0.6 is 22.6 Å². The molecule has 0 heterocycles. The molecule has 0 atom stereocenters. The first kappa shape index (κ1) is 23.0. The zero-order chi connectivity index (χ0) is 22.2. The number of hydrogen-bond donors (Lipinski definition) is 1. The maximum absolute atomic E-state index is 12.4. The Morgan fingerprint density at radius 3 is 2.62 bits per heavy atom. The van der Waals surface area contributed by atoms with Crippen molar-refractivity contribution in [3.05, 3.63) is 87.0 Å². The van der Waals surface area contributed by atoms with Gasteiger partial charge in [0.1, 0.15) is 0 Å². The number of benzene rings is 3. The highest BCUT2D eigenvalue weighted by Gasteiger charge is 2.16. The number of carbonyl (C=O) groups excluding carboxylic acids is 1. The van der Waals surface area contributed by atoms with Gasteiger partial charge < -0.3 is 5.32 Å². The second-order valence-electron chi connectivity index (χ2n) is 8.95. The highest BCUT2D eigenvalue weighted by molar-refractivity contribution is 14.1. The first-order valence-corrected chi connectivity index (χ1v) is 12.9. The van der Waals surface area contributed by atoms with Gasteiger partial charge in [0.25, 0.3) is 0 Å². The van der Waals surface area contributed by atoms with E-state index in [4.69, 9.17) is 0 Å². The maximum Gasteiger partial charge on any atom is 0.220 e. The molecule has 0 radical (unpaired) electrons. The molecule has 1 saturated carbocycles. The summed E-state index contributed by atoms with van der Waals surface area (Å²) in [7, 11) is 0. The van der Waals surface area contributed by atoms with Gasteiger partial charge in [-0.3, -0.25) is 4.79 Å². The molecule has 0 saturated heterocycles. The zero-order valence-electron chi connectivity index (χ0n) is 18.7. The minimum Gasteiger partial charge on any atom is -0.356 e. The lowest BCUT2D eigenvalue weighted by Crippen LogP contribution is -2.28. The van der Waals surface area contributed by atoms with Gasteiger partial charge in [-0.2, -0.15) is 0 Å². The Bertz CT molecular complexity index is 1070. The number of allylic oxidation sites excluding steroid dienone is 1. The van der Waals surface area contributed by atoms with Crippen LogP contribution in [0.2, 0.25) is 0 Å². The molecule has 0 aliphatic heterocycles. The van der Waals surface area contributed by atoms with Crippen molar-refractivity contribution >= 4 is 45.3 Å². The molecule has 1 fully saturated rings. The van der Waals surface area contributed by atoms with E-state index in [9.17, 15) is 4.79 Å². The molecule has 3 aromatic rings. The van der Waals surface area contributed by atoms with E-state index in [1.54, 1.807) is 0 Å². The first-order valence-electron chi connectivity index (χ1n) is 11.9. The van der Waals surface area contributed by atoms with Crippen molar-refractivity contribution in [3.63, 3.8) is 0 Å². The van der Waals surface area contributed by atoms with Crippen LogP contribution < -0.4 is 5.32 Å². The molecule has 166 valence electrons. The van der Waals surface area contributed by atoms with Crippen LogP contribution in [0, 0.1) is 9.49 Å². The van der Waals surface area contributed by atoms with Crippen molar-refractivity contribution in [3.8, 4) is 0 Å². The summed E-state index contributed by atoms with van der Waals surface area (Å²) in [5.74, 6) is 0.805. The SMILES string of the molecule is O=C(CC1CCCCC1)NCCc1cc(/C=C/Cc2ccccc2)cc2ccc(I)cc12. The van der Waals surface area contributed by atoms with Crippen molar-refractivity contribution in [2.24, 2.45) is 5.92 Å². The predicted molar refractivity (Wildman–Crippen MR) is 144 cm³/mol. The molecule has 0 aromatic heterocycles. The standard InChI is InChI=1S/C29H32INO/c30-27-15-14-25-18-24(13-7-12-22-8-3-1-4-9-22)19-26(28(25)21-27)16-17-31-29(32)20-23-10-5-2-6-11-23/h1,3-4,7-9,13-15,18-19,21,23H,2,5-6,10-12,16-17,20H2,(H,31,32)/b13-7+. The molecule has 1 N–H and O–H groups in total. The lowest BCUT2D eigenvalue weighted by atomic mass is 9.87. The van der Waals surface area contributed by atoms with Gasteiger partial charge in [-0.15, -0.1) is 0 Å². The minimum atomic E-state index is 0.217. The van der Waals surface area contributed by atoms with Crippen molar-refractivity contribution in [2.75, 3.05) is 6.54 Å². The van der Waals surface area contributed by atoms with Gasteiger partial charge in [-0.1, -0.05) is 73.9 Å². The van der Waals surface area contributed by atoms with E-state index in [0.29, 0.717) is 18.9 Å². The van der Waals surface area contributed by atoms with E-state index >= 15 is 0 Å². The van der Waals surface area contributed by atoms with Crippen LogP contribution in [-0.4, -0.2) is 12.5 Å². The second-order valence-corrected chi connectivity index (χ2v) is 10.2. The van der Waals surface area contributed by atoms with Crippen LogP contribution in [0.15, 0.2) is 66.7 Å². The van der Waals surface area contributed by atoms with Crippen LogP contribution in [0.4, 0.5) is 0 Å². The predicted octanol–water partition coefficient (Wildman–Crippen LogP) is 7.33. The number of fused-ring (bicyclic) bond motifs is 1. The molecule has 2 nitrogen and oxygen atoms in total. The highest BCUT2D eigenvalue weighted by atomic mass is 127. The van der Waals surface area contributed by atoms with Crippen molar-refractivity contribution in [2.45, 2.75) is 51.4 Å².